The van der Waals surface area contributed by atoms with Crippen LogP contribution in [0, 0.1) is 5.92 Å². The maximum Gasteiger partial charge on any atom is 0.209 e. The molecule has 124 valence electrons. The molecule has 1 aromatic carbocycles. The number of hydrogen-bond donors (Lipinski definition) is 0. The van der Waals surface area contributed by atoms with Gasteiger partial charge in [-0.3, -0.25) is 4.79 Å². The van der Waals surface area contributed by atoms with Gasteiger partial charge in [-0.05, 0) is 30.5 Å². The van der Waals surface area contributed by atoms with Gasteiger partial charge >= 0.3 is 0 Å². The van der Waals surface area contributed by atoms with Crippen LogP contribution in [-0.4, -0.2) is 38.1 Å². The summed E-state index contributed by atoms with van der Waals surface area (Å²) in [5.74, 6) is 3.46. The number of ether oxygens (including phenoxy) is 3. The van der Waals surface area contributed by atoms with Crippen LogP contribution in [0.15, 0.2) is 35.8 Å². The Morgan fingerprint density at radius 1 is 1.33 bits per heavy atom. The van der Waals surface area contributed by atoms with Crippen molar-refractivity contribution in [1.82, 2.24) is 4.90 Å². The highest BCUT2D eigenvalue weighted by atomic mass is 16.5. The molecule has 24 heavy (non-hydrogen) atoms. The summed E-state index contributed by atoms with van der Waals surface area (Å²) in [5.41, 5.74) is 2.25. The fraction of sp³-hybridized carbons (Fsp3) is 0.421. The predicted molar refractivity (Wildman–Crippen MR) is 86.8 cm³/mol. The van der Waals surface area contributed by atoms with Crippen molar-refractivity contribution in [2.24, 2.45) is 5.92 Å². The largest absolute Gasteiger partial charge is 0.493 e. The highest BCUT2D eigenvalue weighted by Gasteiger charge is 2.62. The molecule has 1 aromatic rings. The van der Waals surface area contributed by atoms with Crippen molar-refractivity contribution in [3.8, 4) is 11.5 Å². The summed E-state index contributed by atoms with van der Waals surface area (Å²) < 4.78 is 17.5. The van der Waals surface area contributed by atoms with Gasteiger partial charge in [-0.2, -0.15) is 0 Å². The first-order valence-electron chi connectivity index (χ1n) is 8.30. The summed E-state index contributed by atoms with van der Waals surface area (Å²) in [6.45, 7) is 0.735. The Labute approximate surface area is 140 Å². The lowest BCUT2D eigenvalue weighted by Gasteiger charge is -2.53. The van der Waals surface area contributed by atoms with Crippen molar-refractivity contribution in [1.29, 1.82) is 0 Å². The topological polar surface area (TPSA) is 48.0 Å². The molecular formula is C19H19NO4. The van der Waals surface area contributed by atoms with Crippen molar-refractivity contribution < 1.29 is 19.0 Å². The third-order valence-electron chi connectivity index (χ3n) is 6.12. The fourth-order valence-electron chi connectivity index (χ4n) is 5.15. The Morgan fingerprint density at radius 2 is 2.21 bits per heavy atom. The Morgan fingerprint density at radius 3 is 2.96 bits per heavy atom. The highest BCUT2D eigenvalue weighted by Crippen LogP contribution is 2.63. The summed E-state index contributed by atoms with van der Waals surface area (Å²) in [5, 5.41) is 0. The molecule has 2 bridgehead atoms. The average Bonchev–Trinajstić information content (AvgIpc) is 2.96. The number of rotatable bonds is 3. The normalized spacial score (nSPS) is 31.5. The summed E-state index contributed by atoms with van der Waals surface area (Å²) in [6, 6.07) is 4.24. The lowest BCUT2D eigenvalue weighted by Crippen LogP contribution is -2.59. The van der Waals surface area contributed by atoms with Crippen LogP contribution in [-0.2, 0) is 21.4 Å². The molecule has 2 heterocycles. The molecule has 2 aliphatic heterocycles. The monoisotopic (exact) mass is 325 g/mol. The molecule has 1 amide bonds. The van der Waals surface area contributed by atoms with Crippen LogP contribution in [0.1, 0.15) is 17.5 Å². The van der Waals surface area contributed by atoms with Gasteiger partial charge in [0, 0.05) is 24.1 Å². The first-order valence-corrected chi connectivity index (χ1v) is 8.30. The van der Waals surface area contributed by atoms with E-state index in [-0.39, 0.29) is 17.4 Å². The van der Waals surface area contributed by atoms with Crippen LogP contribution >= 0.6 is 0 Å². The van der Waals surface area contributed by atoms with Gasteiger partial charge in [0.25, 0.3) is 0 Å². The van der Waals surface area contributed by atoms with E-state index in [1.807, 2.05) is 17.0 Å². The van der Waals surface area contributed by atoms with Gasteiger partial charge in [0.15, 0.2) is 23.0 Å². The van der Waals surface area contributed by atoms with Gasteiger partial charge < -0.3 is 19.1 Å². The molecule has 4 aliphatic rings. The molecule has 0 unspecified atom stereocenters. The maximum absolute atomic E-state index is 11.6. The lowest BCUT2D eigenvalue weighted by molar-refractivity contribution is -0.124. The van der Waals surface area contributed by atoms with E-state index >= 15 is 0 Å². The standard InChI is InChI=1S/C19H19NO4/c1-22-14-5-3-11-9-13-12-4-6-15(23-2)18-19(12,7-8-20(13)10-21)16(11)17(14)24-18/h3-6,10,12-13H,7-9H2,1-2H3/t12-,13+,19-/m0/s1. The third kappa shape index (κ3) is 1.39. The zero-order chi connectivity index (χ0) is 16.5. The number of carbonyl (C=O) groups is 1. The molecule has 1 fully saturated rings. The van der Waals surface area contributed by atoms with Crippen molar-refractivity contribution in [3.05, 3.63) is 46.9 Å². The summed E-state index contributed by atoms with van der Waals surface area (Å²) in [6.07, 6.45) is 6.87. The van der Waals surface area contributed by atoms with Gasteiger partial charge in [0.1, 0.15) is 0 Å². The van der Waals surface area contributed by atoms with E-state index < -0.39 is 0 Å². The van der Waals surface area contributed by atoms with Crippen LogP contribution in [0.4, 0.5) is 0 Å². The predicted octanol–water partition coefficient (Wildman–Crippen LogP) is 2.16. The summed E-state index contributed by atoms with van der Waals surface area (Å²) >= 11 is 0. The van der Waals surface area contributed by atoms with E-state index in [0.29, 0.717) is 0 Å². The number of nitrogens with zero attached hydrogens (tertiary/aromatic N) is 1. The maximum atomic E-state index is 11.6. The van der Waals surface area contributed by atoms with Gasteiger partial charge in [-0.1, -0.05) is 12.1 Å². The van der Waals surface area contributed by atoms with Crippen LogP contribution in [0.2, 0.25) is 0 Å². The molecule has 3 atom stereocenters. The van der Waals surface area contributed by atoms with Crippen molar-refractivity contribution >= 4 is 6.41 Å². The number of methoxy groups -OCH3 is 2. The van der Waals surface area contributed by atoms with E-state index in [9.17, 15) is 4.79 Å². The Kier molecular flexibility index (Phi) is 2.65. The molecule has 1 spiro atoms. The minimum atomic E-state index is -0.234. The first-order chi connectivity index (χ1) is 11.7. The second kappa shape index (κ2) is 4.56. The number of hydrogen-bond acceptors (Lipinski definition) is 4. The summed E-state index contributed by atoms with van der Waals surface area (Å²) in [4.78, 5) is 13.5. The van der Waals surface area contributed by atoms with Gasteiger partial charge in [0.05, 0.1) is 19.6 Å². The van der Waals surface area contributed by atoms with Crippen molar-refractivity contribution in [2.75, 3.05) is 20.8 Å². The molecule has 0 radical (unpaired) electrons. The number of amides is 1. The second-order valence-corrected chi connectivity index (χ2v) is 6.85. The molecule has 0 aromatic heterocycles. The van der Waals surface area contributed by atoms with E-state index in [0.717, 1.165) is 48.8 Å². The Bertz CT molecular complexity index is 812. The van der Waals surface area contributed by atoms with Crippen LogP contribution in [0.3, 0.4) is 0 Å². The SMILES string of the molecule is COC1=C2Oc3c(OC)ccc4c3[C@@]23CCN(C=O)[C@H](C4)[C@@H]3C=C1. The number of benzene rings is 1. The number of piperidine rings is 1. The molecule has 0 saturated carbocycles. The number of likely N-dealkylation sites (tertiary alicyclic amines) is 1. The van der Waals surface area contributed by atoms with Crippen molar-refractivity contribution in [2.45, 2.75) is 24.3 Å². The lowest BCUT2D eigenvalue weighted by atomic mass is 9.55. The smallest absolute Gasteiger partial charge is 0.209 e. The molecule has 0 N–H and O–H groups in total. The zero-order valence-corrected chi connectivity index (χ0v) is 13.7. The fourth-order valence-corrected chi connectivity index (χ4v) is 5.15. The third-order valence-corrected chi connectivity index (χ3v) is 6.12. The van der Waals surface area contributed by atoms with E-state index in [2.05, 4.69) is 12.1 Å². The van der Waals surface area contributed by atoms with Gasteiger partial charge in [0.2, 0.25) is 6.41 Å². The van der Waals surface area contributed by atoms with Gasteiger partial charge in [-0.25, -0.2) is 0 Å². The molecular weight excluding hydrogens is 306 g/mol. The minimum Gasteiger partial charge on any atom is -0.493 e. The van der Waals surface area contributed by atoms with Crippen LogP contribution in [0.25, 0.3) is 0 Å². The van der Waals surface area contributed by atoms with Gasteiger partial charge in [-0.15, -0.1) is 0 Å². The summed E-state index contributed by atoms with van der Waals surface area (Å²) in [7, 11) is 3.35. The zero-order valence-electron chi connectivity index (χ0n) is 13.7. The van der Waals surface area contributed by atoms with Crippen LogP contribution < -0.4 is 9.47 Å². The second-order valence-electron chi connectivity index (χ2n) is 6.85. The average molecular weight is 325 g/mol. The van der Waals surface area contributed by atoms with Crippen LogP contribution in [0.5, 0.6) is 11.5 Å². The van der Waals surface area contributed by atoms with E-state index in [4.69, 9.17) is 14.2 Å². The number of allylic oxidation sites excluding steroid dienone is 2. The molecule has 5 heteroatoms. The molecule has 5 nitrogen and oxygen atoms in total. The quantitative estimate of drug-likeness (QED) is 0.799. The molecule has 1 saturated heterocycles. The van der Waals surface area contributed by atoms with E-state index in [1.165, 1.54) is 11.1 Å². The minimum absolute atomic E-state index is 0.163. The molecule has 2 aliphatic carbocycles. The Balaban J connectivity index is 1.83. The number of carbonyl (C=O) groups excluding carboxylic acids is 1. The highest BCUT2D eigenvalue weighted by molar-refractivity contribution is 5.67. The first kappa shape index (κ1) is 14.0. The Hall–Kier alpha value is -2.43. The molecule has 5 rings (SSSR count). The van der Waals surface area contributed by atoms with E-state index in [1.54, 1.807) is 14.2 Å². The van der Waals surface area contributed by atoms with Crippen molar-refractivity contribution in [3.63, 3.8) is 0 Å².